The molecule has 1 aromatic heterocycles. The Hall–Kier alpha value is -3.32. The van der Waals surface area contributed by atoms with Crippen LogP contribution in [-0.4, -0.2) is 10.8 Å². The van der Waals surface area contributed by atoms with Crippen LogP contribution in [-0.2, 0) is 11.4 Å². The van der Waals surface area contributed by atoms with Crippen LogP contribution < -0.4 is 0 Å². The molecule has 4 nitrogen and oxygen atoms in total. The average Bonchev–Trinajstić information content (AvgIpc) is 2.93. The smallest absolute Gasteiger partial charge is 0.143 e. The first-order valence-corrected chi connectivity index (χ1v) is 8.08. The van der Waals surface area contributed by atoms with E-state index < -0.39 is 0 Å². The van der Waals surface area contributed by atoms with Gasteiger partial charge in [0.1, 0.15) is 6.61 Å². The lowest BCUT2D eigenvalue weighted by atomic mass is 10.1. The summed E-state index contributed by atoms with van der Waals surface area (Å²) in [5.74, 6) is 0. The number of hydrogen-bond acceptors (Lipinski definition) is 3. The van der Waals surface area contributed by atoms with Crippen LogP contribution in [0.4, 0.5) is 0 Å². The molecule has 3 aromatic rings. The molecule has 0 atom stereocenters. The van der Waals surface area contributed by atoms with E-state index in [-0.39, 0.29) is 6.61 Å². The van der Waals surface area contributed by atoms with Gasteiger partial charge in [-0.05, 0) is 38.1 Å². The summed E-state index contributed by atoms with van der Waals surface area (Å²) in [7, 11) is 0. The molecule has 0 N–H and O–H groups in total. The molecule has 4 heteroatoms. The van der Waals surface area contributed by atoms with Crippen molar-refractivity contribution in [1.29, 1.82) is 5.26 Å². The van der Waals surface area contributed by atoms with Gasteiger partial charge in [0.25, 0.3) is 0 Å². The quantitative estimate of drug-likeness (QED) is 0.510. The zero-order chi connectivity index (χ0) is 17.6. The fourth-order valence-corrected chi connectivity index (χ4v) is 2.85. The Morgan fingerprint density at radius 2 is 1.80 bits per heavy atom. The summed E-state index contributed by atoms with van der Waals surface area (Å²) in [6, 6.07) is 21.8. The third-order valence-electron chi connectivity index (χ3n) is 4.11. The van der Waals surface area contributed by atoms with Crippen molar-refractivity contribution in [2.75, 3.05) is 0 Å². The van der Waals surface area contributed by atoms with E-state index in [0.717, 1.165) is 28.2 Å². The van der Waals surface area contributed by atoms with E-state index in [0.29, 0.717) is 5.56 Å². The van der Waals surface area contributed by atoms with Crippen LogP contribution in [0, 0.1) is 25.2 Å². The molecule has 0 radical (unpaired) electrons. The van der Waals surface area contributed by atoms with Crippen molar-refractivity contribution in [3.63, 3.8) is 0 Å². The second-order valence-electron chi connectivity index (χ2n) is 5.77. The summed E-state index contributed by atoms with van der Waals surface area (Å²) in [6.07, 6.45) is 1.72. The van der Waals surface area contributed by atoms with E-state index >= 15 is 0 Å². The van der Waals surface area contributed by atoms with Gasteiger partial charge in [0.15, 0.2) is 0 Å². The first-order valence-electron chi connectivity index (χ1n) is 8.08. The third kappa shape index (κ3) is 3.61. The number of para-hydroxylation sites is 1. The molecule has 0 saturated heterocycles. The number of hydrogen-bond donors (Lipinski definition) is 0. The number of nitrogens with zero attached hydrogens (tertiary/aromatic N) is 3. The molecular weight excluding hydrogens is 310 g/mol. The highest BCUT2D eigenvalue weighted by Crippen LogP contribution is 2.19. The van der Waals surface area contributed by atoms with Crippen LogP contribution in [0.5, 0.6) is 0 Å². The summed E-state index contributed by atoms with van der Waals surface area (Å²) < 4.78 is 2.19. The Labute approximate surface area is 147 Å². The third-order valence-corrected chi connectivity index (χ3v) is 4.11. The normalized spacial score (nSPS) is 10.8. The monoisotopic (exact) mass is 329 g/mol. The predicted octanol–water partition coefficient (Wildman–Crippen LogP) is 4.52. The molecule has 0 amide bonds. The van der Waals surface area contributed by atoms with E-state index in [1.54, 1.807) is 12.3 Å². The SMILES string of the molecule is Cc1cc(/C=N/OCc2ccccc2C#N)c(C)n1-c1ccccc1. The van der Waals surface area contributed by atoms with Gasteiger partial charge in [0.05, 0.1) is 17.8 Å². The standard InChI is InChI=1S/C21H19N3O/c1-16-12-20(17(2)24(16)21-10-4-3-5-11-21)14-23-25-15-19-9-7-6-8-18(19)13-22/h3-12,14H,15H2,1-2H3/b23-14+. The summed E-state index contributed by atoms with van der Waals surface area (Å²) in [4.78, 5) is 5.39. The van der Waals surface area contributed by atoms with Crippen molar-refractivity contribution in [1.82, 2.24) is 4.57 Å². The van der Waals surface area contributed by atoms with Crippen LogP contribution in [0.2, 0.25) is 0 Å². The van der Waals surface area contributed by atoms with E-state index in [1.807, 2.05) is 36.4 Å². The van der Waals surface area contributed by atoms with Gasteiger partial charge in [0, 0.05) is 28.2 Å². The number of nitriles is 1. The Bertz CT molecular complexity index is 934. The predicted molar refractivity (Wildman–Crippen MR) is 98.8 cm³/mol. The van der Waals surface area contributed by atoms with Crippen molar-refractivity contribution in [2.45, 2.75) is 20.5 Å². The molecule has 0 aliphatic rings. The molecule has 25 heavy (non-hydrogen) atoms. The van der Waals surface area contributed by atoms with Crippen LogP contribution in [0.15, 0.2) is 65.8 Å². The van der Waals surface area contributed by atoms with Gasteiger partial charge in [-0.25, -0.2) is 0 Å². The molecule has 0 spiro atoms. The molecule has 3 rings (SSSR count). The molecule has 0 unspecified atom stereocenters. The molecular formula is C21H19N3O. The number of oxime groups is 1. The largest absolute Gasteiger partial charge is 0.391 e. The fourth-order valence-electron chi connectivity index (χ4n) is 2.85. The van der Waals surface area contributed by atoms with Gasteiger partial charge in [-0.1, -0.05) is 41.6 Å². The highest BCUT2D eigenvalue weighted by atomic mass is 16.6. The van der Waals surface area contributed by atoms with E-state index in [2.05, 4.69) is 47.8 Å². The molecule has 0 aliphatic carbocycles. The molecule has 1 heterocycles. The lowest BCUT2D eigenvalue weighted by Crippen LogP contribution is -1.99. The number of rotatable bonds is 5. The topological polar surface area (TPSA) is 50.3 Å². The first-order chi connectivity index (χ1) is 12.2. The molecule has 2 aromatic carbocycles. The van der Waals surface area contributed by atoms with Gasteiger partial charge in [-0.2, -0.15) is 5.26 Å². The minimum absolute atomic E-state index is 0.275. The van der Waals surface area contributed by atoms with Crippen molar-refractivity contribution < 1.29 is 4.84 Å². The van der Waals surface area contributed by atoms with E-state index in [4.69, 9.17) is 10.1 Å². The number of aromatic nitrogens is 1. The van der Waals surface area contributed by atoms with Crippen molar-refractivity contribution >= 4 is 6.21 Å². The molecule has 0 saturated carbocycles. The average molecular weight is 329 g/mol. The molecule has 0 fully saturated rings. The second-order valence-corrected chi connectivity index (χ2v) is 5.77. The number of aryl methyl sites for hydroxylation is 1. The van der Waals surface area contributed by atoms with Gasteiger partial charge in [-0.3, -0.25) is 0 Å². The minimum atomic E-state index is 0.275. The summed E-state index contributed by atoms with van der Waals surface area (Å²) in [5.41, 5.74) is 5.82. The zero-order valence-electron chi connectivity index (χ0n) is 14.3. The maximum absolute atomic E-state index is 9.08. The molecule has 0 bridgehead atoms. The van der Waals surface area contributed by atoms with Crippen molar-refractivity contribution in [3.05, 3.63) is 88.7 Å². The maximum atomic E-state index is 9.08. The van der Waals surface area contributed by atoms with Crippen LogP contribution >= 0.6 is 0 Å². The highest BCUT2D eigenvalue weighted by molar-refractivity contribution is 5.81. The minimum Gasteiger partial charge on any atom is -0.391 e. The molecule has 124 valence electrons. The number of benzene rings is 2. The summed E-state index contributed by atoms with van der Waals surface area (Å²) in [6.45, 7) is 4.41. The van der Waals surface area contributed by atoms with E-state index in [9.17, 15) is 0 Å². The summed E-state index contributed by atoms with van der Waals surface area (Å²) in [5, 5.41) is 13.2. The second kappa shape index (κ2) is 7.50. The van der Waals surface area contributed by atoms with Gasteiger partial charge in [0.2, 0.25) is 0 Å². The van der Waals surface area contributed by atoms with Gasteiger partial charge < -0.3 is 9.40 Å². The van der Waals surface area contributed by atoms with Crippen LogP contribution in [0.25, 0.3) is 5.69 Å². The Kier molecular flexibility index (Phi) is 4.96. The fraction of sp³-hybridized carbons (Fsp3) is 0.143. The van der Waals surface area contributed by atoms with Gasteiger partial charge >= 0.3 is 0 Å². The Balaban J connectivity index is 1.74. The van der Waals surface area contributed by atoms with Crippen molar-refractivity contribution in [2.24, 2.45) is 5.16 Å². The van der Waals surface area contributed by atoms with Gasteiger partial charge in [-0.15, -0.1) is 0 Å². The summed E-state index contributed by atoms with van der Waals surface area (Å²) >= 11 is 0. The highest BCUT2D eigenvalue weighted by Gasteiger charge is 2.09. The lowest BCUT2D eigenvalue weighted by Gasteiger charge is -2.08. The Morgan fingerprint density at radius 1 is 1.08 bits per heavy atom. The first kappa shape index (κ1) is 16.5. The lowest BCUT2D eigenvalue weighted by molar-refractivity contribution is 0.132. The van der Waals surface area contributed by atoms with Crippen molar-refractivity contribution in [3.8, 4) is 11.8 Å². The van der Waals surface area contributed by atoms with Crippen LogP contribution in [0.3, 0.4) is 0 Å². The maximum Gasteiger partial charge on any atom is 0.143 e. The zero-order valence-corrected chi connectivity index (χ0v) is 14.3. The Morgan fingerprint density at radius 3 is 2.56 bits per heavy atom. The van der Waals surface area contributed by atoms with E-state index in [1.165, 1.54) is 0 Å². The molecule has 0 aliphatic heterocycles. The van der Waals surface area contributed by atoms with Crippen LogP contribution in [0.1, 0.15) is 28.1 Å².